The van der Waals surface area contributed by atoms with Crippen molar-refractivity contribution >= 4 is 57.6 Å². The van der Waals surface area contributed by atoms with Crippen LogP contribution in [0.1, 0.15) is 12.5 Å². The van der Waals surface area contributed by atoms with Gasteiger partial charge in [-0.1, -0.05) is 36.1 Å². The molecule has 1 aliphatic rings. The van der Waals surface area contributed by atoms with E-state index in [2.05, 4.69) is 5.32 Å². The highest BCUT2D eigenvalue weighted by molar-refractivity contribution is 8.26. The normalized spacial score (nSPS) is 16.2. The lowest BCUT2D eigenvalue weighted by atomic mass is 10.2. The Morgan fingerprint density at radius 3 is 2.66 bits per heavy atom. The van der Waals surface area contributed by atoms with Crippen molar-refractivity contribution in [3.05, 3.63) is 69.1 Å². The molecule has 1 saturated heterocycles. The van der Waals surface area contributed by atoms with Gasteiger partial charge >= 0.3 is 0 Å². The fraction of sp³-hybridized carbons (Fsp3) is 0.105. The van der Waals surface area contributed by atoms with E-state index in [0.717, 1.165) is 11.8 Å². The lowest BCUT2D eigenvalue weighted by Gasteiger charge is -2.22. The molecule has 2 aromatic carbocycles. The fourth-order valence-corrected chi connectivity index (χ4v) is 4.02. The number of phenolic OH excluding ortho intramolecular Hbond substituents is 1. The SMILES string of the molecule is CC(C(=O)Nc1ccc(O)cc1)N1C(=O)/C(=C/c2cccc([N+](=O)[O-])c2)SC1=S. The van der Waals surface area contributed by atoms with E-state index < -0.39 is 22.8 Å². The van der Waals surface area contributed by atoms with Crippen molar-refractivity contribution in [2.75, 3.05) is 5.32 Å². The molecule has 2 amide bonds. The third-order valence-corrected chi connectivity index (χ3v) is 5.43. The number of rotatable bonds is 5. The second-order valence-corrected chi connectivity index (χ2v) is 7.79. The average molecular weight is 429 g/mol. The summed E-state index contributed by atoms with van der Waals surface area (Å²) in [5, 5.41) is 22.9. The number of thiocarbonyl (C=S) groups is 1. The predicted octanol–water partition coefficient (Wildman–Crippen LogP) is 3.53. The number of phenols is 1. The molecule has 8 nitrogen and oxygen atoms in total. The molecule has 2 N–H and O–H groups in total. The quantitative estimate of drug-likeness (QED) is 0.246. The van der Waals surface area contributed by atoms with Gasteiger partial charge in [0.25, 0.3) is 11.6 Å². The first-order chi connectivity index (χ1) is 13.8. The molecule has 2 aromatic rings. The maximum absolute atomic E-state index is 12.8. The summed E-state index contributed by atoms with van der Waals surface area (Å²) in [4.78, 5) is 37.2. The lowest BCUT2D eigenvalue weighted by Crippen LogP contribution is -2.44. The Morgan fingerprint density at radius 1 is 1.31 bits per heavy atom. The molecule has 0 aliphatic carbocycles. The van der Waals surface area contributed by atoms with E-state index in [4.69, 9.17) is 12.2 Å². The second-order valence-electron chi connectivity index (χ2n) is 6.12. The van der Waals surface area contributed by atoms with Crippen LogP contribution < -0.4 is 5.32 Å². The van der Waals surface area contributed by atoms with Crippen LogP contribution in [-0.4, -0.2) is 37.1 Å². The monoisotopic (exact) mass is 429 g/mol. The largest absolute Gasteiger partial charge is 0.508 e. The summed E-state index contributed by atoms with van der Waals surface area (Å²) >= 11 is 6.29. The van der Waals surface area contributed by atoms with Crippen LogP contribution in [-0.2, 0) is 9.59 Å². The summed E-state index contributed by atoms with van der Waals surface area (Å²) in [5.41, 5.74) is 0.869. The molecule has 1 aliphatic heterocycles. The molecule has 0 spiro atoms. The zero-order chi connectivity index (χ0) is 21.1. The average Bonchev–Trinajstić information content (AvgIpc) is 2.96. The van der Waals surface area contributed by atoms with E-state index in [1.165, 1.54) is 53.4 Å². The Labute approximate surface area is 175 Å². The van der Waals surface area contributed by atoms with Crippen LogP contribution in [0.5, 0.6) is 5.75 Å². The van der Waals surface area contributed by atoms with Crippen molar-refractivity contribution in [1.82, 2.24) is 4.90 Å². The molecule has 1 heterocycles. The van der Waals surface area contributed by atoms with E-state index in [-0.39, 0.29) is 20.7 Å². The summed E-state index contributed by atoms with van der Waals surface area (Å²) in [7, 11) is 0. The number of thioether (sulfide) groups is 1. The first kappa shape index (κ1) is 20.5. The molecule has 0 saturated carbocycles. The highest BCUT2D eigenvalue weighted by Gasteiger charge is 2.38. The van der Waals surface area contributed by atoms with Crippen LogP contribution in [0.25, 0.3) is 6.08 Å². The van der Waals surface area contributed by atoms with Gasteiger partial charge in [0, 0.05) is 17.8 Å². The van der Waals surface area contributed by atoms with Gasteiger partial charge in [0.1, 0.15) is 16.1 Å². The highest BCUT2D eigenvalue weighted by atomic mass is 32.2. The molecule has 29 heavy (non-hydrogen) atoms. The van der Waals surface area contributed by atoms with Crippen molar-refractivity contribution < 1.29 is 19.6 Å². The summed E-state index contributed by atoms with van der Waals surface area (Å²) in [5.74, 6) is -0.817. The third-order valence-electron chi connectivity index (χ3n) is 4.10. The molecule has 0 radical (unpaired) electrons. The molecule has 148 valence electrons. The van der Waals surface area contributed by atoms with Crippen molar-refractivity contribution in [3.8, 4) is 5.75 Å². The summed E-state index contributed by atoms with van der Waals surface area (Å²) in [6.07, 6.45) is 1.51. The van der Waals surface area contributed by atoms with Gasteiger partial charge in [-0.25, -0.2) is 0 Å². The van der Waals surface area contributed by atoms with E-state index in [1.807, 2.05) is 0 Å². The zero-order valence-electron chi connectivity index (χ0n) is 15.1. The minimum Gasteiger partial charge on any atom is -0.508 e. The Bertz CT molecular complexity index is 1040. The van der Waals surface area contributed by atoms with Crippen LogP contribution in [0, 0.1) is 10.1 Å². The molecule has 3 rings (SSSR count). The fourth-order valence-electron chi connectivity index (χ4n) is 2.60. The van der Waals surface area contributed by atoms with Gasteiger partial charge < -0.3 is 10.4 Å². The maximum atomic E-state index is 12.8. The first-order valence-corrected chi connectivity index (χ1v) is 9.60. The predicted molar refractivity (Wildman–Crippen MR) is 114 cm³/mol. The van der Waals surface area contributed by atoms with Crippen molar-refractivity contribution in [2.45, 2.75) is 13.0 Å². The first-order valence-electron chi connectivity index (χ1n) is 8.37. The highest BCUT2D eigenvalue weighted by Crippen LogP contribution is 2.34. The van der Waals surface area contributed by atoms with Crippen LogP contribution in [0.4, 0.5) is 11.4 Å². The van der Waals surface area contributed by atoms with E-state index >= 15 is 0 Å². The minimum atomic E-state index is -0.868. The molecule has 0 bridgehead atoms. The number of nitrogens with one attached hydrogen (secondary N) is 1. The molecular weight excluding hydrogens is 414 g/mol. The van der Waals surface area contributed by atoms with Crippen molar-refractivity contribution in [3.63, 3.8) is 0 Å². The number of carbonyl (C=O) groups is 2. The number of anilines is 1. The summed E-state index contributed by atoms with van der Waals surface area (Å²) < 4.78 is 0.222. The van der Waals surface area contributed by atoms with E-state index in [1.54, 1.807) is 13.0 Å². The topological polar surface area (TPSA) is 113 Å². The Morgan fingerprint density at radius 2 is 2.00 bits per heavy atom. The van der Waals surface area contributed by atoms with Crippen LogP contribution >= 0.6 is 24.0 Å². The number of hydrogen-bond donors (Lipinski definition) is 2. The van der Waals surface area contributed by atoms with Crippen LogP contribution in [0.2, 0.25) is 0 Å². The number of non-ortho nitro benzene ring substituents is 1. The maximum Gasteiger partial charge on any atom is 0.270 e. The Hall–Kier alpha value is -3.24. The standard InChI is InChI=1S/C19H15N3O5S2/c1-11(17(24)20-13-5-7-15(23)8-6-13)21-18(25)16(29-19(21)28)10-12-3-2-4-14(9-12)22(26)27/h2-11,23H,1H3,(H,20,24)/b16-10-. The number of nitro benzene ring substituents is 1. The number of benzene rings is 2. The van der Waals surface area contributed by atoms with Gasteiger partial charge in [-0.05, 0) is 42.8 Å². The molecule has 10 heteroatoms. The lowest BCUT2D eigenvalue weighted by molar-refractivity contribution is -0.384. The van der Waals surface area contributed by atoms with Crippen molar-refractivity contribution in [2.24, 2.45) is 0 Å². The number of nitro groups is 1. The van der Waals surface area contributed by atoms with Crippen molar-refractivity contribution in [1.29, 1.82) is 0 Å². The molecule has 1 atom stereocenters. The molecule has 0 aromatic heterocycles. The van der Waals surface area contributed by atoms with E-state index in [0.29, 0.717) is 11.3 Å². The summed E-state index contributed by atoms with van der Waals surface area (Å²) in [6.45, 7) is 1.55. The zero-order valence-corrected chi connectivity index (χ0v) is 16.7. The Kier molecular flexibility index (Phi) is 5.95. The third kappa shape index (κ3) is 4.61. The Balaban J connectivity index is 1.77. The number of amides is 2. The molecule has 1 unspecified atom stereocenters. The van der Waals surface area contributed by atoms with E-state index in [9.17, 15) is 24.8 Å². The smallest absolute Gasteiger partial charge is 0.270 e. The van der Waals surface area contributed by atoms with Gasteiger partial charge in [-0.3, -0.25) is 24.6 Å². The van der Waals surface area contributed by atoms with Gasteiger partial charge in [0.2, 0.25) is 5.91 Å². The number of carbonyl (C=O) groups excluding carboxylic acids is 2. The minimum absolute atomic E-state index is 0.0688. The molecular formula is C19H15N3O5S2. The summed E-state index contributed by atoms with van der Waals surface area (Å²) in [6, 6.07) is 10.9. The number of hydrogen-bond acceptors (Lipinski definition) is 7. The molecule has 1 fully saturated rings. The number of nitrogens with zero attached hydrogens (tertiary/aromatic N) is 2. The van der Waals surface area contributed by atoms with Gasteiger partial charge in [-0.15, -0.1) is 0 Å². The van der Waals surface area contributed by atoms with Gasteiger partial charge in [0.15, 0.2) is 0 Å². The van der Waals surface area contributed by atoms with Crippen LogP contribution in [0.15, 0.2) is 53.4 Å². The van der Waals surface area contributed by atoms with Gasteiger partial charge in [-0.2, -0.15) is 0 Å². The van der Waals surface area contributed by atoms with Crippen LogP contribution in [0.3, 0.4) is 0 Å². The number of aromatic hydroxyl groups is 1. The van der Waals surface area contributed by atoms with Gasteiger partial charge in [0.05, 0.1) is 9.83 Å². The second kappa shape index (κ2) is 8.41.